The van der Waals surface area contributed by atoms with Crippen LogP contribution in [0.25, 0.3) is 0 Å². The highest BCUT2D eigenvalue weighted by Gasteiger charge is 2.36. The smallest absolute Gasteiger partial charge is 0.314 e. The van der Waals surface area contributed by atoms with E-state index in [9.17, 15) is 9.59 Å². The molecule has 21 heavy (non-hydrogen) atoms. The predicted octanol–water partition coefficient (Wildman–Crippen LogP) is 1.75. The second-order valence-electron chi connectivity index (χ2n) is 6.01. The van der Waals surface area contributed by atoms with Gasteiger partial charge >= 0.3 is 6.03 Å². The molecule has 2 atom stereocenters. The second-order valence-corrected chi connectivity index (χ2v) is 6.01. The first-order valence-corrected chi connectivity index (χ1v) is 7.53. The molecule has 0 aromatic heterocycles. The van der Waals surface area contributed by atoms with E-state index in [-0.39, 0.29) is 17.9 Å². The molecule has 1 fully saturated rings. The SMILES string of the molecule is C[C@@H]1Cc2ccccc2N1C(=O)[C@@H]1CCCN(C(N)=O)C1. The van der Waals surface area contributed by atoms with Crippen molar-refractivity contribution in [1.82, 2.24) is 4.90 Å². The molecule has 3 rings (SSSR count). The largest absolute Gasteiger partial charge is 0.351 e. The predicted molar refractivity (Wildman–Crippen MR) is 81.0 cm³/mol. The summed E-state index contributed by atoms with van der Waals surface area (Å²) >= 11 is 0. The number of benzene rings is 1. The summed E-state index contributed by atoms with van der Waals surface area (Å²) < 4.78 is 0. The molecule has 1 saturated heterocycles. The maximum absolute atomic E-state index is 12.9. The van der Waals surface area contributed by atoms with Crippen molar-refractivity contribution in [3.05, 3.63) is 29.8 Å². The number of hydrogen-bond donors (Lipinski definition) is 1. The number of hydrogen-bond acceptors (Lipinski definition) is 2. The molecular formula is C16H21N3O2. The lowest BCUT2D eigenvalue weighted by molar-refractivity contribution is -0.123. The van der Waals surface area contributed by atoms with Crippen LogP contribution < -0.4 is 10.6 Å². The summed E-state index contributed by atoms with van der Waals surface area (Å²) in [4.78, 5) is 27.7. The minimum atomic E-state index is -0.428. The topological polar surface area (TPSA) is 66.6 Å². The van der Waals surface area contributed by atoms with Gasteiger partial charge < -0.3 is 15.5 Å². The lowest BCUT2D eigenvalue weighted by Gasteiger charge is -2.34. The molecule has 0 unspecified atom stereocenters. The van der Waals surface area contributed by atoms with E-state index in [0.29, 0.717) is 13.1 Å². The van der Waals surface area contributed by atoms with Crippen molar-refractivity contribution in [2.45, 2.75) is 32.2 Å². The lowest BCUT2D eigenvalue weighted by Crippen LogP contribution is -2.49. The molecule has 3 amide bonds. The molecule has 5 nitrogen and oxygen atoms in total. The standard InChI is InChI=1S/C16H21N3O2/c1-11-9-12-5-2-3-7-14(12)19(11)15(20)13-6-4-8-18(10-13)16(17)21/h2-3,5,7,11,13H,4,6,8-10H2,1H3,(H2,17,21)/t11-,13-/m1/s1. The van der Waals surface area contributed by atoms with Gasteiger partial charge in [0.1, 0.15) is 0 Å². The number of para-hydroxylation sites is 1. The number of amides is 3. The third kappa shape index (κ3) is 2.48. The van der Waals surface area contributed by atoms with E-state index in [2.05, 4.69) is 13.0 Å². The van der Waals surface area contributed by atoms with Gasteiger partial charge in [-0.2, -0.15) is 0 Å². The first kappa shape index (κ1) is 13.9. The normalized spacial score (nSPS) is 24.8. The van der Waals surface area contributed by atoms with Crippen LogP contribution in [0.4, 0.5) is 10.5 Å². The van der Waals surface area contributed by atoms with E-state index in [1.165, 1.54) is 5.56 Å². The van der Waals surface area contributed by atoms with Gasteiger partial charge in [0, 0.05) is 24.8 Å². The summed E-state index contributed by atoms with van der Waals surface area (Å²) in [5, 5.41) is 0. The Morgan fingerprint density at radius 3 is 2.81 bits per heavy atom. The Labute approximate surface area is 124 Å². The first-order valence-electron chi connectivity index (χ1n) is 7.53. The summed E-state index contributed by atoms with van der Waals surface area (Å²) in [6.07, 6.45) is 2.56. The van der Waals surface area contributed by atoms with Gasteiger partial charge in [0.2, 0.25) is 5.91 Å². The van der Waals surface area contributed by atoms with Crippen molar-refractivity contribution < 1.29 is 9.59 Å². The molecule has 2 aliphatic rings. The van der Waals surface area contributed by atoms with Crippen LogP contribution in [0, 0.1) is 5.92 Å². The summed E-state index contributed by atoms with van der Waals surface area (Å²) in [6, 6.07) is 7.81. The molecule has 0 bridgehead atoms. The number of likely N-dealkylation sites (tertiary alicyclic amines) is 1. The summed E-state index contributed by atoms with van der Waals surface area (Å²) in [5.41, 5.74) is 7.59. The fourth-order valence-corrected chi connectivity index (χ4v) is 3.48. The highest BCUT2D eigenvalue weighted by Crippen LogP contribution is 2.34. The highest BCUT2D eigenvalue weighted by atomic mass is 16.2. The van der Waals surface area contributed by atoms with Crippen LogP contribution in [0.1, 0.15) is 25.3 Å². The van der Waals surface area contributed by atoms with Gasteiger partial charge in [-0.1, -0.05) is 18.2 Å². The van der Waals surface area contributed by atoms with Crippen LogP contribution in [0.3, 0.4) is 0 Å². The molecule has 0 spiro atoms. The minimum absolute atomic E-state index is 0.124. The Morgan fingerprint density at radius 1 is 1.29 bits per heavy atom. The first-order chi connectivity index (χ1) is 10.1. The van der Waals surface area contributed by atoms with Gasteiger partial charge in [-0.3, -0.25) is 4.79 Å². The number of urea groups is 1. The van der Waals surface area contributed by atoms with E-state index >= 15 is 0 Å². The number of fused-ring (bicyclic) bond motifs is 1. The number of primary amides is 1. The van der Waals surface area contributed by atoms with Crippen LogP contribution in [-0.4, -0.2) is 36.0 Å². The van der Waals surface area contributed by atoms with Gasteiger partial charge in [-0.15, -0.1) is 0 Å². The molecular weight excluding hydrogens is 266 g/mol. The van der Waals surface area contributed by atoms with Crippen LogP contribution in [0.5, 0.6) is 0 Å². The van der Waals surface area contributed by atoms with Crippen LogP contribution in [0.15, 0.2) is 24.3 Å². The number of nitrogens with two attached hydrogens (primary N) is 1. The van der Waals surface area contributed by atoms with Gasteiger partial charge in [0.25, 0.3) is 0 Å². The Morgan fingerprint density at radius 2 is 2.05 bits per heavy atom. The fraction of sp³-hybridized carbons (Fsp3) is 0.500. The zero-order valence-corrected chi connectivity index (χ0v) is 12.3. The zero-order valence-electron chi connectivity index (χ0n) is 12.3. The summed E-state index contributed by atoms with van der Waals surface area (Å²) in [7, 11) is 0. The number of carbonyl (C=O) groups excluding carboxylic acids is 2. The fourth-order valence-electron chi connectivity index (χ4n) is 3.48. The Balaban J connectivity index is 1.80. The van der Waals surface area contributed by atoms with Gasteiger partial charge in [0.05, 0.1) is 5.92 Å². The van der Waals surface area contributed by atoms with Crippen molar-refractivity contribution in [2.24, 2.45) is 11.7 Å². The number of carbonyl (C=O) groups is 2. The van der Waals surface area contributed by atoms with Crippen LogP contribution >= 0.6 is 0 Å². The summed E-state index contributed by atoms with van der Waals surface area (Å²) in [6.45, 7) is 3.18. The maximum atomic E-state index is 12.9. The second kappa shape index (κ2) is 5.39. The third-order valence-corrected chi connectivity index (χ3v) is 4.53. The molecule has 1 aromatic rings. The molecule has 2 heterocycles. The molecule has 0 radical (unpaired) electrons. The molecule has 2 aliphatic heterocycles. The molecule has 2 N–H and O–H groups in total. The lowest BCUT2D eigenvalue weighted by atomic mass is 9.96. The maximum Gasteiger partial charge on any atom is 0.314 e. The number of rotatable bonds is 1. The minimum Gasteiger partial charge on any atom is -0.351 e. The Hall–Kier alpha value is -2.04. The van der Waals surface area contributed by atoms with Crippen molar-refractivity contribution in [1.29, 1.82) is 0 Å². The van der Waals surface area contributed by atoms with E-state index in [4.69, 9.17) is 5.73 Å². The van der Waals surface area contributed by atoms with Crippen LogP contribution in [-0.2, 0) is 11.2 Å². The number of anilines is 1. The van der Waals surface area contributed by atoms with E-state index in [1.807, 2.05) is 23.1 Å². The van der Waals surface area contributed by atoms with Crippen molar-refractivity contribution in [2.75, 3.05) is 18.0 Å². The van der Waals surface area contributed by atoms with Crippen LogP contribution in [0.2, 0.25) is 0 Å². The molecule has 0 saturated carbocycles. The third-order valence-electron chi connectivity index (χ3n) is 4.53. The average molecular weight is 287 g/mol. The Kier molecular flexibility index (Phi) is 3.57. The monoisotopic (exact) mass is 287 g/mol. The zero-order chi connectivity index (χ0) is 15.0. The summed E-state index contributed by atoms with van der Waals surface area (Å²) in [5.74, 6) is -0.0155. The van der Waals surface area contributed by atoms with Crippen molar-refractivity contribution in [3.8, 4) is 0 Å². The van der Waals surface area contributed by atoms with E-state index in [1.54, 1.807) is 4.90 Å². The van der Waals surface area contributed by atoms with Crippen molar-refractivity contribution >= 4 is 17.6 Å². The molecule has 5 heteroatoms. The number of nitrogens with zero attached hydrogens (tertiary/aromatic N) is 2. The van der Waals surface area contributed by atoms with Gasteiger partial charge in [-0.25, -0.2) is 4.79 Å². The molecule has 1 aromatic carbocycles. The molecule has 112 valence electrons. The Bertz CT molecular complexity index is 572. The molecule has 0 aliphatic carbocycles. The quantitative estimate of drug-likeness (QED) is 0.855. The van der Waals surface area contributed by atoms with Gasteiger partial charge in [0.15, 0.2) is 0 Å². The van der Waals surface area contributed by atoms with E-state index < -0.39 is 6.03 Å². The average Bonchev–Trinajstić information content (AvgIpc) is 2.82. The van der Waals surface area contributed by atoms with Crippen molar-refractivity contribution in [3.63, 3.8) is 0 Å². The number of piperidine rings is 1. The highest BCUT2D eigenvalue weighted by molar-refractivity contribution is 5.98. The van der Waals surface area contributed by atoms with E-state index in [0.717, 1.165) is 24.9 Å². The van der Waals surface area contributed by atoms with Gasteiger partial charge in [-0.05, 0) is 37.8 Å².